The van der Waals surface area contributed by atoms with Crippen molar-refractivity contribution in [1.82, 2.24) is 9.78 Å². The van der Waals surface area contributed by atoms with Crippen LogP contribution >= 0.6 is 0 Å². The molecule has 0 aliphatic heterocycles. The van der Waals surface area contributed by atoms with Gasteiger partial charge in [-0.2, -0.15) is 9.46 Å². The summed E-state index contributed by atoms with van der Waals surface area (Å²) in [5.74, 6) is -0.685. The molecule has 2 aromatic carbocycles. The van der Waals surface area contributed by atoms with Crippen molar-refractivity contribution in [2.45, 2.75) is 18.2 Å². The lowest BCUT2D eigenvalue weighted by atomic mass is 10.1. The first-order chi connectivity index (χ1) is 11.5. The normalized spacial score (nSPS) is 12.7. The third-order valence-corrected chi connectivity index (χ3v) is 5.02. The van der Waals surface area contributed by atoms with Gasteiger partial charge in [0.1, 0.15) is 5.82 Å². The number of hydrogen-bond acceptors (Lipinski definition) is 2. The monoisotopic (exact) mass is 344 g/mol. The van der Waals surface area contributed by atoms with E-state index in [2.05, 4.69) is 9.46 Å². The van der Waals surface area contributed by atoms with E-state index in [4.69, 9.17) is 5.14 Å². The van der Waals surface area contributed by atoms with Crippen LogP contribution in [0.3, 0.4) is 0 Å². The van der Waals surface area contributed by atoms with E-state index in [-0.39, 0.29) is 18.1 Å². The number of hydrogen-bond donors (Lipinski definition) is 1. The fourth-order valence-electron chi connectivity index (χ4n) is 2.47. The molecule has 0 radical (unpaired) electrons. The van der Waals surface area contributed by atoms with Gasteiger partial charge in [-0.25, -0.2) is 4.39 Å². The Balaban J connectivity index is 1.83. The summed E-state index contributed by atoms with van der Waals surface area (Å²) in [6.07, 6.45) is 1.79. The van der Waals surface area contributed by atoms with E-state index in [0.717, 1.165) is 15.8 Å². The lowest BCUT2D eigenvalue weighted by molar-refractivity contribution is -0.117. The predicted octanol–water partition coefficient (Wildman–Crippen LogP) is 2.82. The van der Waals surface area contributed by atoms with Gasteiger partial charge in [0, 0.05) is 28.2 Å². The number of carbonyl (C=O) groups is 1. The zero-order valence-corrected chi connectivity index (χ0v) is 14.2. The van der Waals surface area contributed by atoms with Crippen LogP contribution in [0.25, 0.3) is 10.9 Å². The van der Waals surface area contributed by atoms with Crippen molar-refractivity contribution in [3.05, 3.63) is 59.5 Å². The van der Waals surface area contributed by atoms with Crippen LogP contribution in [0.15, 0.2) is 51.9 Å². The highest BCUT2D eigenvalue weighted by Gasteiger charge is 2.09. The van der Waals surface area contributed by atoms with Crippen LogP contribution in [-0.4, -0.2) is 15.7 Å². The number of aryl methyl sites for hydroxylation is 1. The molecule has 0 saturated carbocycles. The zero-order chi connectivity index (χ0) is 17.3. The Bertz CT molecular complexity index is 964. The molecule has 0 bridgehead atoms. The largest absolute Gasteiger partial charge is 0.272 e. The molecule has 1 aromatic heterocycles. The van der Waals surface area contributed by atoms with Crippen LogP contribution in [0.1, 0.15) is 11.1 Å². The van der Waals surface area contributed by atoms with E-state index in [1.54, 1.807) is 29.9 Å². The molecule has 5 nitrogen and oxygen atoms in total. The summed E-state index contributed by atoms with van der Waals surface area (Å²) in [5, 5.41) is 11.2. The molecule has 0 spiro atoms. The molecule has 3 rings (SSSR count). The van der Waals surface area contributed by atoms with E-state index in [1.165, 1.54) is 6.07 Å². The second-order valence-electron chi connectivity index (χ2n) is 5.49. The number of carbonyl (C=O) groups excluding carboxylic acids is 1. The smallest absolute Gasteiger partial charge is 0.257 e. The van der Waals surface area contributed by atoms with Crippen LogP contribution in [0.4, 0.5) is 4.39 Å². The van der Waals surface area contributed by atoms with Gasteiger partial charge >= 0.3 is 0 Å². The van der Waals surface area contributed by atoms with Gasteiger partial charge in [0.05, 0.1) is 18.1 Å². The summed E-state index contributed by atoms with van der Waals surface area (Å²) >= 11 is 0. The highest BCUT2D eigenvalue weighted by Crippen LogP contribution is 2.18. The minimum Gasteiger partial charge on any atom is -0.272 e. The summed E-state index contributed by atoms with van der Waals surface area (Å²) in [7, 11) is 0.809. The first-order valence-corrected chi connectivity index (χ1v) is 8.59. The minimum absolute atomic E-state index is 0.0411. The second kappa shape index (κ2) is 6.62. The standard InChI is InChI=1S/C17H17FN4OS/c1-11-12(4-3-5-15(11)18)9-17(23)21-24(19)14-6-7-16-13(8-14)10-20-22(16)2/h3-8,10H,9H2,1-2H3,(H2,19,21,23). The molecule has 0 fully saturated rings. The summed E-state index contributed by atoms with van der Waals surface area (Å²) in [5.41, 5.74) is 2.08. The number of nitrogens with zero attached hydrogens (tertiary/aromatic N) is 3. The molecule has 124 valence electrons. The predicted molar refractivity (Wildman–Crippen MR) is 92.8 cm³/mol. The first-order valence-electron chi connectivity index (χ1n) is 7.35. The Labute approximate surface area is 141 Å². The molecule has 0 saturated heterocycles. The average molecular weight is 344 g/mol. The van der Waals surface area contributed by atoms with Gasteiger partial charge in [-0.1, -0.05) is 12.1 Å². The van der Waals surface area contributed by atoms with Crippen molar-refractivity contribution in [2.75, 3.05) is 0 Å². The van der Waals surface area contributed by atoms with Crippen molar-refractivity contribution >= 4 is 27.7 Å². The maximum absolute atomic E-state index is 13.5. The van der Waals surface area contributed by atoms with E-state index in [1.807, 2.05) is 25.2 Å². The number of benzene rings is 2. The van der Waals surface area contributed by atoms with Crippen molar-refractivity contribution in [2.24, 2.45) is 16.5 Å². The molecular formula is C17H17FN4OS. The first kappa shape index (κ1) is 16.5. The summed E-state index contributed by atoms with van der Waals surface area (Å²) in [6.45, 7) is 1.65. The van der Waals surface area contributed by atoms with Gasteiger partial charge in [-0.3, -0.25) is 14.6 Å². The molecule has 1 heterocycles. The molecular weight excluding hydrogens is 327 g/mol. The summed E-state index contributed by atoms with van der Waals surface area (Å²) < 4.78 is 19.3. The molecule has 3 aromatic rings. The van der Waals surface area contributed by atoms with Crippen molar-refractivity contribution in [3.63, 3.8) is 0 Å². The molecule has 0 aliphatic rings. The number of aromatic nitrogens is 2. The van der Waals surface area contributed by atoms with Gasteiger partial charge in [0.2, 0.25) is 0 Å². The molecule has 2 N–H and O–H groups in total. The van der Waals surface area contributed by atoms with Gasteiger partial charge in [0.25, 0.3) is 5.91 Å². The van der Waals surface area contributed by atoms with E-state index in [9.17, 15) is 9.18 Å². The van der Waals surface area contributed by atoms with Crippen LogP contribution in [0, 0.1) is 12.7 Å². The molecule has 0 aliphatic carbocycles. The quantitative estimate of drug-likeness (QED) is 0.794. The topological polar surface area (TPSA) is 73.3 Å². The Kier molecular flexibility index (Phi) is 4.55. The number of rotatable bonds is 3. The lowest BCUT2D eigenvalue weighted by Crippen LogP contribution is -2.09. The number of fused-ring (bicyclic) bond motifs is 1. The Morgan fingerprint density at radius 1 is 1.38 bits per heavy atom. The third-order valence-electron chi connectivity index (χ3n) is 3.88. The number of nitrogens with two attached hydrogens (primary N) is 1. The van der Waals surface area contributed by atoms with Crippen LogP contribution in [0.2, 0.25) is 0 Å². The van der Waals surface area contributed by atoms with Crippen molar-refractivity contribution < 1.29 is 9.18 Å². The molecule has 1 unspecified atom stereocenters. The maximum atomic E-state index is 13.5. The Hall–Kier alpha value is -2.38. The number of amides is 1. The van der Waals surface area contributed by atoms with E-state index < -0.39 is 10.9 Å². The van der Waals surface area contributed by atoms with Crippen molar-refractivity contribution in [3.8, 4) is 0 Å². The lowest BCUT2D eigenvalue weighted by Gasteiger charge is -2.05. The maximum Gasteiger partial charge on any atom is 0.257 e. The zero-order valence-electron chi connectivity index (χ0n) is 13.4. The minimum atomic E-state index is -1.05. The van der Waals surface area contributed by atoms with Gasteiger partial charge < -0.3 is 0 Å². The average Bonchev–Trinajstić information content (AvgIpc) is 2.92. The van der Waals surface area contributed by atoms with Crippen LogP contribution in [-0.2, 0) is 29.1 Å². The number of halogens is 1. The summed E-state index contributed by atoms with van der Waals surface area (Å²) in [6, 6.07) is 10.3. The van der Waals surface area contributed by atoms with Crippen LogP contribution in [0.5, 0.6) is 0 Å². The SMILES string of the molecule is Cc1c(F)cccc1CC(=O)N=S(N)c1ccc2c(cnn2C)c1. The van der Waals surface area contributed by atoms with E-state index >= 15 is 0 Å². The summed E-state index contributed by atoms with van der Waals surface area (Å²) in [4.78, 5) is 12.9. The fourth-order valence-corrected chi connectivity index (χ4v) is 3.32. The van der Waals surface area contributed by atoms with E-state index in [0.29, 0.717) is 11.1 Å². The fraction of sp³-hybridized carbons (Fsp3) is 0.176. The molecule has 1 amide bonds. The van der Waals surface area contributed by atoms with Crippen molar-refractivity contribution in [1.29, 1.82) is 0 Å². The van der Waals surface area contributed by atoms with Crippen LogP contribution < -0.4 is 5.14 Å². The third kappa shape index (κ3) is 3.27. The molecule has 24 heavy (non-hydrogen) atoms. The Morgan fingerprint density at radius 2 is 2.17 bits per heavy atom. The highest BCUT2D eigenvalue weighted by molar-refractivity contribution is 7.85. The second-order valence-corrected chi connectivity index (χ2v) is 6.77. The molecule has 1 atom stereocenters. The molecule has 7 heteroatoms. The van der Waals surface area contributed by atoms with Gasteiger partial charge in [-0.15, -0.1) is 0 Å². The van der Waals surface area contributed by atoms with Gasteiger partial charge in [0.15, 0.2) is 0 Å². The van der Waals surface area contributed by atoms with Gasteiger partial charge in [-0.05, 0) is 42.3 Å². The Morgan fingerprint density at radius 3 is 2.96 bits per heavy atom. The highest BCUT2D eigenvalue weighted by atomic mass is 32.2.